The fourth-order valence-electron chi connectivity index (χ4n) is 1.25. The molecule has 0 fully saturated rings. The van der Waals surface area contributed by atoms with E-state index in [0.717, 1.165) is 12.1 Å². The van der Waals surface area contributed by atoms with Crippen LogP contribution in [0, 0.1) is 0 Å². The van der Waals surface area contributed by atoms with Crippen molar-refractivity contribution in [2.75, 3.05) is 7.05 Å². The van der Waals surface area contributed by atoms with Crippen LogP contribution < -0.4 is 9.88 Å². The lowest BCUT2D eigenvalue weighted by Crippen LogP contribution is -2.34. The molecule has 3 nitrogen and oxygen atoms in total. The minimum atomic E-state index is -0.0593. The molecule has 0 aliphatic rings. The second kappa shape index (κ2) is 4.56. The minimum Gasteiger partial charge on any atom is -0.355 e. The smallest absolute Gasteiger partial charge is 0.251 e. The number of allylic oxidation sites excluding steroid dienone is 1. The first kappa shape index (κ1) is 10.4. The molecule has 1 heterocycles. The van der Waals surface area contributed by atoms with E-state index in [2.05, 4.69) is 11.9 Å². The van der Waals surface area contributed by atoms with E-state index >= 15 is 0 Å². The average Bonchev–Trinajstić information content (AvgIpc) is 2.20. The van der Waals surface area contributed by atoms with Gasteiger partial charge in [-0.1, -0.05) is 6.08 Å². The van der Waals surface area contributed by atoms with Crippen molar-refractivity contribution < 1.29 is 9.36 Å². The summed E-state index contributed by atoms with van der Waals surface area (Å²) < 4.78 is 1.98. The van der Waals surface area contributed by atoms with E-state index in [0.29, 0.717) is 5.56 Å². The van der Waals surface area contributed by atoms with E-state index in [9.17, 15) is 4.79 Å². The van der Waals surface area contributed by atoms with Gasteiger partial charge in [-0.3, -0.25) is 4.79 Å². The van der Waals surface area contributed by atoms with Crippen LogP contribution in [0.2, 0.25) is 0 Å². The number of aryl methyl sites for hydroxylation is 1. The third kappa shape index (κ3) is 2.19. The molecule has 0 aliphatic carbocycles. The van der Waals surface area contributed by atoms with Gasteiger partial charge in [-0.05, 0) is 0 Å². The molecule has 0 aliphatic heterocycles. The number of amides is 1. The van der Waals surface area contributed by atoms with E-state index in [-0.39, 0.29) is 5.91 Å². The predicted octanol–water partition coefficient (Wildman–Crippen LogP) is 0.599. The molecule has 1 aromatic heterocycles. The summed E-state index contributed by atoms with van der Waals surface area (Å²) in [4.78, 5) is 11.3. The van der Waals surface area contributed by atoms with Crippen LogP contribution in [0.1, 0.15) is 16.1 Å². The summed E-state index contributed by atoms with van der Waals surface area (Å²) in [6.45, 7) is 3.68. The molecule has 1 amide bonds. The number of nitrogens with zero attached hydrogens (tertiary/aromatic N) is 1. The first-order valence-electron chi connectivity index (χ1n) is 4.50. The maximum absolute atomic E-state index is 11.3. The van der Waals surface area contributed by atoms with Gasteiger partial charge < -0.3 is 5.32 Å². The normalized spacial score (nSPS) is 9.57. The highest BCUT2D eigenvalue weighted by molar-refractivity contribution is 5.93. The summed E-state index contributed by atoms with van der Waals surface area (Å²) in [5.74, 6) is -0.0593. The van der Waals surface area contributed by atoms with Gasteiger partial charge in [0, 0.05) is 19.2 Å². The lowest BCUT2D eigenvalue weighted by Gasteiger charge is -2.01. The summed E-state index contributed by atoms with van der Waals surface area (Å²) in [6, 6.07) is 3.67. The van der Waals surface area contributed by atoms with E-state index < -0.39 is 0 Å². The Morgan fingerprint density at radius 2 is 2.43 bits per heavy atom. The van der Waals surface area contributed by atoms with E-state index in [1.54, 1.807) is 13.1 Å². The number of carbonyl (C=O) groups is 1. The van der Waals surface area contributed by atoms with Crippen molar-refractivity contribution in [3.05, 3.63) is 42.2 Å². The van der Waals surface area contributed by atoms with Crippen molar-refractivity contribution in [2.45, 2.75) is 6.42 Å². The second-order valence-electron chi connectivity index (χ2n) is 3.09. The molecule has 0 saturated heterocycles. The average molecular weight is 191 g/mol. The summed E-state index contributed by atoms with van der Waals surface area (Å²) in [5.41, 5.74) is 1.75. The molecule has 74 valence electrons. The van der Waals surface area contributed by atoms with Crippen LogP contribution >= 0.6 is 0 Å². The van der Waals surface area contributed by atoms with Crippen molar-refractivity contribution in [1.29, 1.82) is 0 Å². The standard InChI is InChI=1S/C11H14N2O/c1-4-5-10-8-9(11(14)12-2)6-7-13(10)3/h4,6-8H,1,5H2,2-3H3/p+1. The number of hydrogen-bond donors (Lipinski definition) is 1. The second-order valence-corrected chi connectivity index (χ2v) is 3.09. The quantitative estimate of drug-likeness (QED) is 0.551. The molecule has 1 N–H and O–H groups in total. The molecule has 0 atom stereocenters. The number of carbonyl (C=O) groups excluding carboxylic acids is 1. The summed E-state index contributed by atoms with van der Waals surface area (Å²) in [7, 11) is 3.58. The molecular formula is C11H15N2O+. The fourth-order valence-corrected chi connectivity index (χ4v) is 1.25. The first-order valence-corrected chi connectivity index (χ1v) is 4.50. The van der Waals surface area contributed by atoms with Crippen LogP contribution in [0.4, 0.5) is 0 Å². The SMILES string of the molecule is C=CCc1cc(C(=O)NC)cc[n+]1C. The zero-order chi connectivity index (χ0) is 10.6. The molecule has 0 bridgehead atoms. The van der Waals surface area contributed by atoms with Crippen molar-refractivity contribution in [1.82, 2.24) is 5.32 Å². The zero-order valence-electron chi connectivity index (χ0n) is 8.58. The summed E-state index contributed by atoms with van der Waals surface area (Å²) in [6.07, 6.45) is 4.47. The minimum absolute atomic E-state index is 0.0593. The number of pyridine rings is 1. The molecule has 1 aromatic rings. The Hall–Kier alpha value is -1.64. The van der Waals surface area contributed by atoms with Gasteiger partial charge in [-0.25, -0.2) is 4.57 Å². The van der Waals surface area contributed by atoms with Gasteiger partial charge in [0.25, 0.3) is 5.91 Å². The number of rotatable bonds is 3. The Bertz CT molecular complexity index is 358. The largest absolute Gasteiger partial charge is 0.355 e. The van der Waals surface area contributed by atoms with E-state index in [4.69, 9.17) is 0 Å². The Labute approximate surface area is 84.1 Å². The molecule has 0 radical (unpaired) electrons. The molecular weight excluding hydrogens is 176 g/mol. The Balaban J connectivity index is 3.05. The van der Waals surface area contributed by atoms with Gasteiger partial charge in [0.1, 0.15) is 7.05 Å². The number of hydrogen-bond acceptors (Lipinski definition) is 1. The topological polar surface area (TPSA) is 33.0 Å². The highest BCUT2D eigenvalue weighted by atomic mass is 16.1. The monoisotopic (exact) mass is 191 g/mol. The fraction of sp³-hybridized carbons (Fsp3) is 0.273. The zero-order valence-corrected chi connectivity index (χ0v) is 8.58. The molecule has 0 aromatic carbocycles. The van der Waals surface area contributed by atoms with Gasteiger partial charge in [0.2, 0.25) is 0 Å². The van der Waals surface area contributed by atoms with E-state index in [1.807, 2.05) is 30.0 Å². The van der Waals surface area contributed by atoms with Gasteiger partial charge in [-0.2, -0.15) is 0 Å². The highest BCUT2D eigenvalue weighted by Crippen LogP contribution is 2.01. The van der Waals surface area contributed by atoms with Crippen molar-refractivity contribution in [3.8, 4) is 0 Å². The van der Waals surface area contributed by atoms with E-state index in [1.165, 1.54) is 0 Å². The molecule has 0 saturated carbocycles. The molecule has 3 heteroatoms. The van der Waals surface area contributed by atoms with Crippen LogP contribution in [0.25, 0.3) is 0 Å². The summed E-state index contributed by atoms with van der Waals surface area (Å²) >= 11 is 0. The maximum atomic E-state index is 11.3. The highest BCUT2D eigenvalue weighted by Gasteiger charge is 2.10. The molecule has 1 rings (SSSR count). The number of aromatic nitrogens is 1. The van der Waals surface area contributed by atoms with Crippen LogP contribution in [0.3, 0.4) is 0 Å². The van der Waals surface area contributed by atoms with Gasteiger partial charge in [0.15, 0.2) is 11.9 Å². The van der Waals surface area contributed by atoms with Crippen molar-refractivity contribution in [2.24, 2.45) is 7.05 Å². The third-order valence-electron chi connectivity index (χ3n) is 2.10. The lowest BCUT2D eigenvalue weighted by molar-refractivity contribution is -0.678. The van der Waals surface area contributed by atoms with Crippen LogP contribution in [0.5, 0.6) is 0 Å². The Morgan fingerprint density at radius 3 is 3.00 bits per heavy atom. The summed E-state index contributed by atoms with van der Waals surface area (Å²) in [5, 5.41) is 2.60. The van der Waals surface area contributed by atoms with Crippen molar-refractivity contribution >= 4 is 5.91 Å². The van der Waals surface area contributed by atoms with Gasteiger partial charge in [0.05, 0.1) is 12.0 Å². The van der Waals surface area contributed by atoms with Gasteiger partial charge >= 0.3 is 0 Å². The maximum Gasteiger partial charge on any atom is 0.251 e. The molecule has 0 unspecified atom stereocenters. The Kier molecular flexibility index (Phi) is 3.40. The lowest BCUT2D eigenvalue weighted by atomic mass is 10.2. The Morgan fingerprint density at radius 1 is 1.71 bits per heavy atom. The van der Waals surface area contributed by atoms with Crippen LogP contribution in [-0.2, 0) is 13.5 Å². The molecule has 14 heavy (non-hydrogen) atoms. The number of nitrogens with one attached hydrogen (secondary N) is 1. The van der Waals surface area contributed by atoms with Crippen LogP contribution in [0.15, 0.2) is 31.0 Å². The molecule has 0 spiro atoms. The van der Waals surface area contributed by atoms with Crippen LogP contribution in [-0.4, -0.2) is 13.0 Å². The first-order chi connectivity index (χ1) is 6.69. The van der Waals surface area contributed by atoms with Crippen molar-refractivity contribution in [3.63, 3.8) is 0 Å². The predicted molar refractivity (Wildman–Crippen MR) is 54.9 cm³/mol. The third-order valence-corrected chi connectivity index (χ3v) is 2.10. The van der Waals surface area contributed by atoms with Gasteiger partial charge in [-0.15, -0.1) is 6.58 Å².